The summed E-state index contributed by atoms with van der Waals surface area (Å²) >= 11 is 1.63. The zero-order valence-electron chi connectivity index (χ0n) is 13.0. The van der Waals surface area contributed by atoms with Crippen LogP contribution in [0, 0.1) is 0 Å². The van der Waals surface area contributed by atoms with E-state index in [1.165, 1.54) is 13.3 Å². The molecule has 1 amide bonds. The first-order valence-corrected chi connectivity index (χ1v) is 8.28. The number of rotatable bonds is 6. The highest BCUT2D eigenvalue weighted by atomic mass is 32.2. The van der Waals surface area contributed by atoms with E-state index in [2.05, 4.69) is 10.3 Å². The Morgan fingerprint density at radius 3 is 2.57 bits per heavy atom. The number of pyridine rings is 1. The van der Waals surface area contributed by atoms with Crippen LogP contribution in [0.4, 0.5) is 0 Å². The highest BCUT2D eigenvalue weighted by Crippen LogP contribution is 2.22. The normalized spacial score (nSPS) is 11.6. The number of ether oxygens (including phenoxy) is 1. The Bertz CT molecular complexity index is 659. The number of carbonyl (C=O) groups is 2. The monoisotopic (exact) mass is 330 g/mol. The summed E-state index contributed by atoms with van der Waals surface area (Å²) in [5.41, 5.74) is 1.30. The van der Waals surface area contributed by atoms with Gasteiger partial charge in [-0.3, -0.25) is 14.6 Å². The molecule has 0 radical (unpaired) electrons. The number of nitrogens with one attached hydrogen (secondary N) is 1. The molecule has 1 heterocycles. The number of hydrogen-bond donors (Lipinski definition) is 1. The van der Waals surface area contributed by atoms with Crippen molar-refractivity contribution in [1.29, 1.82) is 0 Å². The summed E-state index contributed by atoms with van der Waals surface area (Å²) in [6.07, 6.45) is 5.15. The maximum absolute atomic E-state index is 12.3. The van der Waals surface area contributed by atoms with Crippen LogP contribution >= 0.6 is 11.8 Å². The fourth-order valence-corrected chi connectivity index (χ4v) is 2.49. The molecule has 5 nitrogen and oxygen atoms in total. The van der Waals surface area contributed by atoms with E-state index in [0.717, 1.165) is 10.5 Å². The van der Waals surface area contributed by atoms with Crippen molar-refractivity contribution in [2.24, 2.45) is 0 Å². The van der Waals surface area contributed by atoms with Crippen molar-refractivity contribution in [2.75, 3.05) is 13.4 Å². The standard InChI is InChI=1S/C17H18N2O3S/c1-22-16(20)10-15(12-5-7-14(23-2)8-6-12)19-17(21)13-4-3-9-18-11-13/h3-9,11,15H,10H2,1-2H3,(H,19,21). The second kappa shape index (κ2) is 8.33. The third-order valence-electron chi connectivity index (χ3n) is 3.35. The van der Waals surface area contributed by atoms with Gasteiger partial charge in [0, 0.05) is 17.3 Å². The van der Waals surface area contributed by atoms with Crippen LogP contribution in [-0.2, 0) is 9.53 Å². The highest BCUT2D eigenvalue weighted by molar-refractivity contribution is 7.98. The fourth-order valence-electron chi connectivity index (χ4n) is 2.08. The van der Waals surface area contributed by atoms with Gasteiger partial charge in [0.05, 0.1) is 25.1 Å². The smallest absolute Gasteiger partial charge is 0.307 e. The van der Waals surface area contributed by atoms with Crippen LogP contribution < -0.4 is 5.32 Å². The average molecular weight is 330 g/mol. The minimum atomic E-state index is -0.453. The Morgan fingerprint density at radius 1 is 1.26 bits per heavy atom. The van der Waals surface area contributed by atoms with Crippen molar-refractivity contribution < 1.29 is 14.3 Å². The van der Waals surface area contributed by atoms with E-state index >= 15 is 0 Å². The number of carbonyl (C=O) groups excluding carboxylic acids is 2. The lowest BCUT2D eigenvalue weighted by Crippen LogP contribution is -2.30. The van der Waals surface area contributed by atoms with E-state index in [1.807, 2.05) is 30.5 Å². The Balaban J connectivity index is 2.19. The molecule has 0 fully saturated rings. The predicted octanol–water partition coefficient (Wildman–Crippen LogP) is 2.84. The lowest BCUT2D eigenvalue weighted by molar-refractivity contribution is -0.141. The number of hydrogen-bond acceptors (Lipinski definition) is 5. The largest absolute Gasteiger partial charge is 0.469 e. The van der Waals surface area contributed by atoms with Crippen LogP contribution in [-0.4, -0.2) is 30.2 Å². The molecular weight excluding hydrogens is 312 g/mol. The number of amides is 1. The topological polar surface area (TPSA) is 68.3 Å². The Hall–Kier alpha value is -2.34. The molecule has 0 saturated carbocycles. The van der Waals surface area contributed by atoms with Gasteiger partial charge in [-0.05, 0) is 36.1 Å². The Labute approximate surface area is 139 Å². The lowest BCUT2D eigenvalue weighted by Gasteiger charge is -2.18. The van der Waals surface area contributed by atoms with Gasteiger partial charge in [-0.1, -0.05) is 12.1 Å². The quantitative estimate of drug-likeness (QED) is 0.651. The zero-order valence-corrected chi connectivity index (χ0v) is 13.8. The summed E-state index contributed by atoms with van der Waals surface area (Å²) in [5.74, 6) is -0.656. The van der Waals surface area contributed by atoms with Crippen molar-refractivity contribution in [3.8, 4) is 0 Å². The third kappa shape index (κ3) is 4.82. The number of thioether (sulfide) groups is 1. The van der Waals surface area contributed by atoms with Gasteiger partial charge in [-0.25, -0.2) is 0 Å². The lowest BCUT2D eigenvalue weighted by atomic mass is 10.0. The van der Waals surface area contributed by atoms with E-state index in [-0.39, 0.29) is 18.3 Å². The number of benzene rings is 1. The number of nitrogens with zero attached hydrogens (tertiary/aromatic N) is 1. The van der Waals surface area contributed by atoms with Crippen LogP contribution in [0.2, 0.25) is 0 Å². The Kier molecular flexibility index (Phi) is 6.17. The molecule has 2 rings (SSSR count). The molecular formula is C17H18N2O3S. The summed E-state index contributed by atoms with van der Waals surface area (Å²) < 4.78 is 4.73. The van der Waals surface area contributed by atoms with Crippen molar-refractivity contribution in [3.05, 3.63) is 59.9 Å². The molecule has 0 aliphatic heterocycles. The molecule has 1 unspecified atom stereocenters. The molecule has 0 spiro atoms. The van der Waals surface area contributed by atoms with Gasteiger partial charge >= 0.3 is 5.97 Å². The van der Waals surface area contributed by atoms with Gasteiger partial charge in [0.25, 0.3) is 5.91 Å². The molecule has 6 heteroatoms. The van der Waals surface area contributed by atoms with Crippen molar-refractivity contribution in [1.82, 2.24) is 10.3 Å². The maximum atomic E-state index is 12.3. The van der Waals surface area contributed by atoms with Crippen molar-refractivity contribution >= 4 is 23.6 Å². The second-order valence-corrected chi connectivity index (χ2v) is 5.70. The van der Waals surface area contributed by atoms with Crippen LogP contribution in [0.1, 0.15) is 28.4 Å². The molecule has 23 heavy (non-hydrogen) atoms. The second-order valence-electron chi connectivity index (χ2n) is 4.82. The fraction of sp³-hybridized carbons (Fsp3) is 0.235. The zero-order chi connectivity index (χ0) is 16.7. The maximum Gasteiger partial charge on any atom is 0.307 e. The number of aromatic nitrogens is 1. The summed E-state index contributed by atoms with van der Waals surface area (Å²) in [5, 5.41) is 2.87. The van der Waals surface area contributed by atoms with E-state index in [4.69, 9.17) is 4.74 Å². The van der Waals surface area contributed by atoms with Crippen LogP contribution in [0.25, 0.3) is 0 Å². The van der Waals surface area contributed by atoms with Gasteiger partial charge in [0.2, 0.25) is 0 Å². The van der Waals surface area contributed by atoms with Gasteiger partial charge < -0.3 is 10.1 Å². The third-order valence-corrected chi connectivity index (χ3v) is 4.09. The van der Waals surface area contributed by atoms with E-state index in [0.29, 0.717) is 5.56 Å². The highest BCUT2D eigenvalue weighted by Gasteiger charge is 2.19. The minimum Gasteiger partial charge on any atom is -0.469 e. The van der Waals surface area contributed by atoms with E-state index in [9.17, 15) is 9.59 Å². The molecule has 1 N–H and O–H groups in total. The van der Waals surface area contributed by atoms with Crippen LogP contribution in [0.5, 0.6) is 0 Å². The summed E-state index contributed by atoms with van der Waals surface area (Å²) in [7, 11) is 1.33. The molecule has 1 aromatic carbocycles. The number of esters is 1. The summed E-state index contributed by atoms with van der Waals surface area (Å²) in [6, 6.07) is 10.6. The molecule has 2 aromatic rings. The van der Waals surface area contributed by atoms with Gasteiger partial charge in [-0.2, -0.15) is 0 Å². The predicted molar refractivity (Wildman–Crippen MR) is 89.3 cm³/mol. The number of methoxy groups -OCH3 is 1. The van der Waals surface area contributed by atoms with Crippen molar-refractivity contribution in [3.63, 3.8) is 0 Å². The molecule has 1 atom stereocenters. The molecule has 0 aliphatic carbocycles. The van der Waals surface area contributed by atoms with Gasteiger partial charge in [-0.15, -0.1) is 11.8 Å². The van der Waals surface area contributed by atoms with E-state index < -0.39 is 6.04 Å². The van der Waals surface area contributed by atoms with Gasteiger partial charge in [0.15, 0.2) is 0 Å². The molecule has 0 saturated heterocycles. The molecule has 120 valence electrons. The van der Waals surface area contributed by atoms with E-state index in [1.54, 1.807) is 30.1 Å². The first-order valence-electron chi connectivity index (χ1n) is 7.05. The minimum absolute atomic E-state index is 0.0706. The van der Waals surface area contributed by atoms with Crippen molar-refractivity contribution in [2.45, 2.75) is 17.4 Å². The first kappa shape index (κ1) is 17.0. The molecule has 0 bridgehead atoms. The van der Waals surface area contributed by atoms with Crippen LogP contribution in [0.15, 0.2) is 53.7 Å². The molecule has 1 aromatic heterocycles. The molecule has 0 aliphatic rings. The summed E-state index contributed by atoms with van der Waals surface area (Å²) in [4.78, 5) is 29.0. The summed E-state index contributed by atoms with van der Waals surface area (Å²) in [6.45, 7) is 0. The SMILES string of the molecule is COC(=O)CC(NC(=O)c1cccnc1)c1ccc(SC)cc1. The van der Waals surface area contributed by atoms with Crippen LogP contribution in [0.3, 0.4) is 0 Å². The Morgan fingerprint density at radius 2 is 2.00 bits per heavy atom. The first-order chi connectivity index (χ1) is 11.1. The van der Waals surface area contributed by atoms with Gasteiger partial charge in [0.1, 0.15) is 0 Å². The average Bonchev–Trinajstić information content (AvgIpc) is 2.61.